The molecule has 0 unspecified atom stereocenters. The zero-order valence-electron chi connectivity index (χ0n) is 20.8. The minimum absolute atomic E-state index is 0.0377. The Kier molecular flexibility index (Phi) is 9.82. The summed E-state index contributed by atoms with van der Waals surface area (Å²) in [5.74, 6) is -2.28. The maximum absolute atomic E-state index is 14.8. The van der Waals surface area contributed by atoms with Crippen molar-refractivity contribution in [3.63, 3.8) is 0 Å². The van der Waals surface area contributed by atoms with Gasteiger partial charge in [-0.1, -0.05) is 19.6 Å². The maximum Gasteiger partial charge on any atom is 0.319 e. The van der Waals surface area contributed by atoms with Gasteiger partial charge in [-0.25, -0.2) is 18.6 Å². The predicted octanol–water partition coefficient (Wildman–Crippen LogP) is 6.34. The highest BCUT2D eigenvalue weighted by molar-refractivity contribution is 9.10. The summed E-state index contributed by atoms with van der Waals surface area (Å²) in [6, 6.07) is 3.98. The van der Waals surface area contributed by atoms with Crippen LogP contribution in [0.25, 0.3) is 11.0 Å². The van der Waals surface area contributed by atoms with Crippen LogP contribution in [0.2, 0.25) is 25.7 Å². The number of fused-ring (bicyclic) bond motifs is 1. The number of carbonyl (C=O) groups is 1. The monoisotopic (exact) mass is 584 g/mol. The highest BCUT2D eigenvalue weighted by Crippen LogP contribution is 2.37. The zero-order chi connectivity index (χ0) is 26.3. The molecular formula is C24H31BrF2N4O4Si. The first kappa shape index (κ1) is 28.0. The first-order chi connectivity index (χ1) is 17.1. The van der Waals surface area contributed by atoms with Crippen molar-refractivity contribution in [2.45, 2.75) is 38.8 Å². The summed E-state index contributed by atoms with van der Waals surface area (Å²) in [5.41, 5.74) is 0.515. The Morgan fingerprint density at radius 1 is 1.19 bits per heavy atom. The molecule has 0 saturated heterocycles. The van der Waals surface area contributed by atoms with Gasteiger partial charge in [0.15, 0.2) is 17.4 Å². The van der Waals surface area contributed by atoms with Gasteiger partial charge in [0.25, 0.3) is 0 Å². The molecule has 3 aromatic rings. The molecule has 0 aliphatic heterocycles. The number of halogens is 3. The summed E-state index contributed by atoms with van der Waals surface area (Å²) in [7, 11) is 0.350. The lowest BCUT2D eigenvalue weighted by atomic mass is 10.2. The fourth-order valence-electron chi connectivity index (χ4n) is 3.30. The number of nitrogens with zero attached hydrogens (tertiary/aromatic N) is 2. The molecule has 1 aromatic carbocycles. The highest BCUT2D eigenvalue weighted by atomic mass is 79.9. The van der Waals surface area contributed by atoms with E-state index in [2.05, 4.69) is 51.2 Å². The van der Waals surface area contributed by atoms with E-state index in [9.17, 15) is 13.6 Å². The molecule has 2 heterocycles. The maximum atomic E-state index is 14.8. The van der Waals surface area contributed by atoms with Crippen LogP contribution < -0.4 is 15.4 Å². The number of carbonyl (C=O) groups excluding carboxylic acids is 1. The van der Waals surface area contributed by atoms with Gasteiger partial charge in [-0.3, -0.25) is 0 Å². The van der Waals surface area contributed by atoms with E-state index in [1.807, 2.05) is 4.57 Å². The van der Waals surface area contributed by atoms with Crippen molar-refractivity contribution in [3.8, 4) is 11.5 Å². The average Bonchev–Trinajstić information content (AvgIpc) is 3.12. The predicted molar refractivity (Wildman–Crippen MR) is 141 cm³/mol. The molecule has 0 radical (unpaired) electrons. The van der Waals surface area contributed by atoms with Crippen LogP contribution >= 0.6 is 15.9 Å². The molecule has 3 rings (SSSR count). The minimum Gasteiger partial charge on any atom is -0.450 e. The molecule has 0 aliphatic rings. The zero-order valence-corrected chi connectivity index (χ0v) is 23.4. The first-order valence-electron chi connectivity index (χ1n) is 11.5. The van der Waals surface area contributed by atoms with E-state index in [1.54, 1.807) is 13.3 Å². The number of benzene rings is 1. The molecule has 0 fully saturated rings. The second kappa shape index (κ2) is 12.6. The molecule has 8 nitrogen and oxygen atoms in total. The first-order valence-corrected chi connectivity index (χ1v) is 16.0. The number of hydrogen-bond donors (Lipinski definition) is 2. The topological polar surface area (TPSA) is 86.6 Å². The van der Waals surface area contributed by atoms with Crippen LogP contribution in [0.5, 0.6) is 11.5 Å². The molecule has 0 atom stereocenters. The van der Waals surface area contributed by atoms with E-state index >= 15 is 0 Å². The van der Waals surface area contributed by atoms with E-state index in [1.165, 1.54) is 12.3 Å². The summed E-state index contributed by atoms with van der Waals surface area (Å²) in [4.78, 5) is 16.3. The van der Waals surface area contributed by atoms with Crippen LogP contribution in [0.15, 0.2) is 35.1 Å². The third kappa shape index (κ3) is 7.73. The molecule has 0 saturated carbocycles. The number of methoxy groups -OCH3 is 1. The Morgan fingerprint density at radius 3 is 2.58 bits per heavy atom. The summed E-state index contributed by atoms with van der Waals surface area (Å²) in [6.07, 6.45) is 3.91. The third-order valence-electron chi connectivity index (χ3n) is 5.18. The van der Waals surface area contributed by atoms with E-state index in [0.29, 0.717) is 48.4 Å². The number of rotatable bonds is 12. The van der Waals surface area contributed by atoms with Crippen molar-refractivity contribution in [2.24, 2.45) is 0 Å². The lowest BCUT2D eigenvalue weighted by Gasteiger charge is -2.15. The Balaban J connectivity index is 1.73. The number of hydrogen-bond acceptors (Lipinski definition) is 5. The normalized spacial score (nSPS) is 11.6. The van der Waals surface area contributed by atoms with Gasteiger partial charge >= 0.3 is 6.03 Å². The van der Waals surface area contributed by atoms with E-state index < -0.39 is 31.5 Å². The van der Waals surface area contributed by atoms with Crippen LogP contribution in [0.4, 0.5) is 19.3 Å². The van der Waals surface area contributed by atoms with Crippen molar-refractivity contribution in [2.75, 3.05) is 32.2 Å². The Hall–Kier alpha value is -2.54. The van der Waals surface area contributed by atoms with Crippen molar-refractivity contribution < 1.29 is 27.8 Å². The second-order valence-corrected chi connectivity index (χ2v) is 15.9. The number of nitrogens with one attached hydrogen (secondary N) is 2. The van der Waals surface area contributed by atoms with Crippen LogP contribution in [-0.4, -0.2) is 50.5 Å². The number of anilines is 1. The highest BCUT2D eigenvalue weighted by Gasteiger charge is 2.19. The number of pyridine rings is 1. The molecule has 36 heavy (non-hydrogen) atoms. The van der Waals surface area contributed by atoms with E-state index in [0.717, 1.165) is 18.2 Å². The van der Waals surface area contributed by atoms with Gasteiger partial charge in [0.05, 0.1) is 5.39 Å². The van der Waals surface area contributed by atoms with E-state index in [-0.39, 0.29) is 11.4 Å². The van der Waals surface area contributed by atoms with Crippen molar-refractivity contribution in [3.05, 3.63) is 46.7 Å². The summed E-state index contributed by atoms with van der Waals surface area (Å²) >= 11 is 3.49. The minimum atomic E-state index is -1.21. The van der Waals surface area contributed by atoms with Gasteiger partial charge in [-0.15, -0.1) is 0 Å². The van der Waals surface area contributed by atoms with Crippen LogP contribution in [-0.2, 0) is 16.2 Å². The Labute approximate surface area is 218 Å². The smallest absolute Gasteiger partial charge is 0.319 e. The molecule has 0 bridgehead atoms. The van der Waals surface area contributed by atoms with Crippen LogP contribution in [0.3, 0.4) is 0 Å². The third-order valence-corrected chi connectivity index (χ3v) is 7.48. The lowest BCUT2D eigenvalue weighted by Crippen LogP contribution is -2.30. The van der Waals surface area contributed by atoms with Crippen molar-refractivity contribution in [1.29, 1.82) is 0 Å². The average molecular weight is 586 g/mol. The lowest BCUT2D eigenvalue weighted by molar-refractivity contribution is 0.0898. The van der Waals surface area contributed by atoms with Crippen LogP contribution in [0, 0.1) is 11.6 Å². The molecule has 0 spiro atoms. The standard InChI is InChI=1S/C24H31BrF2N4O4Si/c1-33-9-5-7-29-24(32)30-16-12-18(26)22(19(27)13-16)35-20-6-8-28-23-21(20)17(25)14-31(23)15-34-10-11-36(2,3)4/h6,8,12-14H,5,7,9-11,15H2,1-4H3,(H2,29,30,32). The molecule has 196 valence electrons. The Morgan fingerprint density at radius 2 is 1.92 bits per heavy atom. The van der Waals surface area contributed by atoms with E-state index in [4.69, 9.17) is 14.2 Å². The molecule has 12 heteroatoms. The molecule has 2 amide bonds. The molecule has 2 aromatic heterocycles. The van der Waals surface area contributed by atoms with Gasteiger partial charge < -0.3 is 29.4 Å². The molecule has 0 aliphatic carbocycles. The van der Waals surface area contributed by atoms with Gasteiger partial charge in [0, 0.05) is 69.6 Å². The Bertz CT molecular complexity index is 1180. The number of aromatic nitrogens is 2. The molecule has 2 N–H and O–H groups in total. The fourth-order valence-corrected chi connectivity index (χ4v) is 4.67. The quantitative estimate of drug-likeness (QED) is 0.191. The van der Waals surface area contributed by atoms with Gasteiger partial charge in [0.2, 0.25) is 0 Å². The largest absolute Gasteiger partial charge is 0.450 e. The van der Waals surface area contributed by atoms with Crippen molar-refractivity contribution >= 4 is 46.8 Å². The number of amides is 2. The molecular weight excluding hydrogens is 554 g/mol. The SMILES string of the molecule is COCCCNC(=O)Nc1cc(F)c(Oc2ccnc3c2c(Br)cn3COCC[Si](C)(C)C)c(F)c1. The number of ether oxygens (including phenoxy) is 3. The van der Waals surface area contributed by atoms with Crippen LogP contribution in [0.1, 0.15) is 6.42 Å². The number of urea groups is 1. The van der Waals surface area contributed by atoms with Crippen molar-refractivity contribution in [1.82, 2.24) is 14.9 Å². The van der Waals surface area contributed by atoms with Gasteiger partial charge in [0.1, 0.15) is 18.1 Å². The van der Waals surface area contributed by atoms with Gasteiger partial charge in [-0.2, -0.15) is 0 Å². The summed E-state index contributed by atoms with van der Waals surface area (Å²) < 4.78 is 48.5. The fraction of sp³-hybridized carbons (Fsp3) is 0.417. The summed E-state index contributed by atoms with van der Waals surface area (Å²) in [6.45, 7) is 8.63. The second-order valence-electron chi connectivity index (χ2n) is 9.40. The summed E-state index contributed by atoms with van der Waals surface area (Å²) in [5, 5.41) is 5.55. The van der Waals surface area contributed by atoms with Gasteiger partial charge in [-0.05, 0) is 34.5 Å².